The third-order valence-corrected chi connectivity index (χ3v) is 3.65. The highest BCUT2D eigenvalue weighted by Crippen LogP contribution is 2.10. The van der Waals surface area contributed by atoms with Crippen molar-refractivity contribution in [1.82, 2.24) is 10.6 Å². The van der Waals surface area contributed by atoms with E-state index in [0.29, 0.717) is 16.8 Å². The number of benzene rings is 2. The molecule has 25 heavy (non-hydrogen) atoms. The fourth-order valence-corrected chi connectivity index (χ4v) is 2.42. The summed E-state index contributed by atoms with van der Waals surface area (Å²) in [6.07, 6.45) is 0. The lowest BCUT2D eigenvalue weighted by molar-refractivity contribution is 0.0941. The van der Waals surface area contributed by atoms with Crippen LogP contribution in [-0.2, 0) is 0 Å². The highest BCUT2D eigenvalue weighted by Gasteiger charge is 2.11. The molecule has 0 radical (unpaired) electrons. The summed E-state index contributed by atoms with van der Waals surface area (Å²) < 4.78 is 0. The molecule has 2 aromatic rings. The van der Waals surface area contributed by atoms with E-state index in [9.17, 15) is 9.59 Å². The molecule has 2 rings (SSSR count). The van der Waals surface area contributed by atoms with Gasteiger partial charge in [-0.15, -0.1) is 0 Å². The van der Waals surface area contributed by atoms with E-state index in [0.717, 1.165) is 5.56 Å². The molecule has 0 bridgehead atoms. The second-order valence-corrected chi connectivity index (χ2v) is 6.34. The van der Waals surface area contributed by atoms with E-state index >= 15 is 0 Å². The summed E-state index contributed by atoms with van der Waals surface area (Å²) in [6.45, 7) is 5.68. The predicted octanol–water partition coefficient (Wildman–Crippen LogP) is 3.26. The zero-order valence-electron chi connectivity index (χ0n) is 14.4. The molecule has 2 amide bonds. The maximum absolute atomic E-state index is 12.2. The van der Waals surface area contributed by atoms with Gasteiger partial charge in [0.2, 0.25) is 0 Å². The first-order valence-electron chi connectivity index (χ1n) is 7.95. The zero-order chi connectivity index (χ0) is 18.4. The Hall–Kier alpha value is -2.73. The van der Waals surface area contributed by atoms with Gasteiger partial charge in [0.25, 0.3) is 11.8 Å². The Morgan fingerprint density at radius 2 is 1.60 bits per heavy atom. The van der Waals surface area contributed by atoms with Gasteiger partial charge in [0.1, 0.15) is 0 Å². The Bertz CT molecular complexity index is 786. The highest BCUT2D eigenvalue weighted by molar-refractivity contribution is 7.80. The molecule has 0 heterocycles. The second kappa shape index (κ2) is 8.39. The van der Waals surface area contributed by atoms with Crippen molar-refractivity contribution in [3.63, 3.8) is 0 Å². The van der Waals surface area contributed by atoms with Gasteiger partial charge in [-0.2, -0.15) is 0 Å². The van der Waals surface area contributed by atoms with Crippen molar-refractivity contribution in [1.29, 1.82) is 0 Å². The van der Waals surface area contributed by atoms with Crippen LogP contribution in [0.3, 0.4) is 0 Å². The van der Waals surface area contributed by atoms with Crippen LogP contribution in [0.15, 0.2) is 48.5 Å². The molecule has 0 aromatic heterocycles. The normalized spacial score (nSPS) is 10.2. The average Bonchev–Trinajstić information content (AvgIpc) is 2.55. The van der Waals surface area contributed by atoms with Crippen LogP contribution in [0.1, 0.15) is 40.1 Å². The van der Waals surface area contributed by atoms with Crippen LogP contribution < -0.4 is 16.0 Å². The minimum absolute atomic E-state index is 0.0783. The van der Waals surface area contributed by atoms with E-state index in [1.807, 2.05) is 32.9 Å². The van der Waals surface area contributed by atoms with E-state index in [4.69, 9.17) is 12.2 Å². The monoisotopic (exact) mass is 355 g/mol. The molecule has 5 nitrogen and oxygen atoms in total. The van der Waals surface area contributed by atoms with Crippen molar-refractivity contribution in [2.45, 2.75) is 26.8 Å². The number of nitrogens with one attached hydrogen (secondary N) is 3. The lowest BCUT2D eigenvalue weighted by Gasteiger charge is -2.12. The van der Waals surface area contributed by atoms with Crippen LogP contribution in [0.2, 0.25) is 0 Å². The van der Waals surface area contributed by atoms with E-state index < -0.39 is 0 Å². The summed E-state index contributed by atoms with van der Waals surface area (Å²) in [6, 6.07) is 14.2. The van der Waals surface area contributed by atoms with Crippen LogP contribution in [0, 0.1) is 6.92 Å². The maximum atomic E-state index is 12.2. The minimum Gasteiger partial charge on any atom is -0.350 e. The minimum atomic E-state index is -0.261. The number of thiocarbonyl (C=S) groups is 1. The first kappa shape index (κ1) is 18.6. The highest BCUT2D eigenvalue weighted by atomic mass is 32.1. The molecule has 0 unspecified atom stereocenters. The van der Waals surface area contributed by atoms with Crippen molar-refractivity contribution >= 4 is 34.8 Å². The van der Waals surface area contributed by atoms with Crippen molar-refractivity contribution in [3.05, 3.63) is 65.2 Å². The number of rotatable bonds is 4. The van der Waals surface area contributed by atoms with Crippen molar-refractivity contribution in [2.24, 2.45) is 0 Å². The lowest BCUT2D eigenvalue weighted by atomic mass is 10.1. The molecular weight excluding hydrogens is 334 g/mol. The molecule has 130 valence electrons. The Morgan fingerprint density at radius 1 is 0.960 bits per heavy atom. The van der Waals surface area contributed by atoms with Crippen molar-refractivity contribution < 1.29 is 9.59 Å². The molecule has 6 heteroatoms. The Balaban J connectivity index is 1.95. The van der Waals surface area contributed by atoms with Crippen molar-refractivity contribution in [2.75, 3.05) is 5.32 Å². The van der Waals surface area contributed by atoms with Crippen LogP contribution in [0.4, 0.5) is 5.69 Å². The number of carbonyl (C=O) groups excluding carboxylic acids is 2. The second-order valence-electron chi connectivity index (χ2n) is 5.93. The quantitative estimate of drug-likeness (QED) is 0.736. The molecule has 0 aliphatic rings. The molecular formula is C19H21N3O2S. The van der Waals surface area contributed by atoms with Crippen LogP contribution in [0.5, 0.6) is 0 Å². The van der Waals surface area contributed by atoms with E-state index in [1.165, 1.54) is 0 Å². The van der Waals surface area contributed by atoms with Gasteiger partial charge in [-0.3, -0.25) is 14.9 Å². The summed E-state index contributed by atoms with van der Waals surface area (Å²) in [4.78, 5) is 24.1. The Labute approximate surface area is 152 Å². The number of amides is 2. The van der Waals surface area contributed by atoms with Gasteiger partial charge in [-0.1, -0.05) is 18.2 Å². The molecule has 2 aromatic carbocycles. The van der Waals surface area contributed by atoms with Crippen LogP contribution >= 0.6 is 12.2 Å². The number of carbonyl (C=O) groups is 2. The summed E-state index contributed by atoms with van der Waals surface area (Å²) in [5.74, 6) is -0.388. The molecule has 0 saturated carbocycles. The van der Waals surface area contributed by atoms with E-state index in [-0.39, 0.29) is 23.0 Å². The van der Waals surface area contributed by atoms with Gasteiger partial charge in [0.15, 0.2) is 5.11 Å². The van der Waals surface area contributed by atoms with Gasteiger partial charge >= 0.3 is 0 Å². The number of anilines is 1. The zero-order valence-corrected chi connectivity index (χ0v) is 15.2. The van der Waals surface area contributed by atoms with Crippen molar-refractivity contribution in [3.8, 4) is 0 Å². The van der Waals surface area contributed by atoms with Gasteiger partial charge in [0.05, 0.1) is 0 Å². The van der Waals surface area contributed by atoms with Gasteiger partial charge in [-0.25, -0.2) is 0 Å². The van der Waals surface area contributed by atoms with Gasteiger partial charge in [0, 0.05) is 22.9 Å². The third kappa shape index (κ3) is 5.39. The molecule has 0 aliphatic carbocycles. The largest absolute Gasteiger partial charge is 0.350 e. The average molecular weight is 355 g/mol. The smallest absolute Gasteiger partial charge is 0.257 e. The topological polar surface area (TPSA) is 70.2 Å². The predicted molar refractivity (Wildman–Crippen MR) is 104 cm³/mol. The SMILES string of the molecule is Cc1ccccc1C(=O)NC(=S)Nc1ccc(C(=O)NC(C)C)cc1. The summed E-state index contributed by atoms with van der Waals surface area (Å²) >= 11 is 5.17. The molecule has 0 saturated heterocycles. The molecule has 0 atom stereocenters. The number of hydrogen-bond donors (Lipinski definition) is 3. The van der Waals surface area contributed by atoms with Crippen LogP contribution in [0.25, 0.3) is 0 Å². The molecule has 3 N–H and O–H groups in total. The molecule has 0 aliphatic heterocycles. The summed E-state index contributed by atoms with van der Waals surface area (Å²) in [5.41, 5.74) is 2.71. The Kier molecular flexibility index (Phi) is 6.25. The number of aryl methyl sites for hydroxylation is 1. The van der Waals surface area contributed by atoms with E-state index in [2.05, 4.69) is 16.0 Å². The standard InChI is InChI=1S/C19H21N3O2S/c1-12(2)20-17(23)14-8-10-15(11-9-14)21-19(25)22-18(24)16-7-5-4-6-13(16)3/h4-12H,1-3H3,(H,20,23)(H2,21,22,24,25). The summed E-state index contributed by atoms with van der Waals surface area (Å²) in [7, 11) is 0. The summed E-state index contributed by atoms with van der Waals surface area (Å²) in [5, 5.41) is 8.62. The third-order valence-electron chi connectivity index (χ3n) is 3.44. The number of hydrogen-bond acceptors (Lipinski definition) is 3. The fraction of sp³-hybridized carbons (Fsp3) is 0.211. The molecule has 0 spiro atoms. The molecule has 0 fully saturated rings. The maximum Gasteiger partial charge on any atom is 0.257 e. The first-order chi connectivity index (χ1) is 11.9. The lowest BCUT2D eigenvalue weighted by Crippen LogP contribution is -2.34. The van der Waals surface area contributed by atoms with Gasteiger partial charge < -0.3 is 10.6 Å². The van der Waals surface area contributed by atoms with E-state index in [1.54, 1.807) is 36.4 Å². The Morgan fingerprint density at radius 3 is 2.20 bits per heavy atom. The fourth-order valence-electron chi connectivity index (χ4n) is 2.21. The van der Waals surface area contributed by atoms with Gasteiger partial charge in [-0.05, 0) is 68.9 Å². The van der Waals surface area contributed by atoms with Crippen LogP contribution in [-0.4, -0.2) is 23.0 Å². The first-order valence-corrected chi connectivity index (χ1v) is 8.36.